The van der Waals surface area contributed by atoms with E-state index in [0.717, 1.165) is 34.7 Å². The molecule has 2 aromatic carbocycles. The van der Waals surface area contributed by atoms with Gasteiger partial charge in [0.1, 0.15) is 5.01 Å². The van der Waals surface area contributed by atoms with E-state index in [1.54, 1.807) is 29.5 Å². The van der Waals surface area contributed by atoms with E-state index in [-0.39, 0.29) is 17.3 Å². The van der Waals surface area contributed by atoms with E-state index in [1.807, 2.05) is 36.4 Å². The molecule has 1 atom stereocenters. The predicted molar refractivity (Wildman–Crippen MR) is 126 cm³/mol. The van der Waals surface area contributed by atoms with Gasteiger partial charge in [0.25, 0.3) is 0 Å². The van der Waals surface area contributed by atoms with Crippen molar-refractivity contribution < 1.29 is 22.4 Å². The molecule has 2 N–H and O–H groups in total. The van der Waals surface area contributed by atoms with E-state index in [0.29, 0.717) is 25.2 Å². The van der Waals surface area contributed by atoms with E-state index in [1.165, 1.54) is 0 Å². The van der Waals surface area contributed by atoms with Crippen LogP contribution in [-0.2, 0) is 22.7 Å². The number of nitrogens with zero attached hydrogens (tertiary/aromatic N) is 3. The van der Waals surface area contributed by atoms with Gasteiger partial charge in [-0.25, -0.2) is 4.98 Å². The molecule has 1 aliphatic heterocycles. The van der Waals surface area contributed by atoms with E-state index >= 15 is 0 Å². The average Bonchev–Trinajstić information content (AvgIpc) is 3.56. The molecule has 1 aliphatic rings. The van der Waals surface area contributed by atoms with Crippen LogP contribution in [0.2, 0.25) is 0 Å². The molecule has 5 rings (SSSR count). The number of aromatic nitrogens is 3. The highest BCUT2D eigenvalue weighted by molar-refractivity contribution is 7.10. The molecular weight excluding hydrogens is 477 g/mol. The first kappa shape index (κ1) is 23.7. The van der Waals surface area contributed by atoms with Crippen molar-refractivity contribution in [3.05, 3.63) is 76.4 Å². The fraction of sp³-hybridized carbons (Fsp3) is 0.320. The summed E-state index contributed by atoms with van der Waals surface area (Å²) in [7, 11) is 0. The van der Waals surface area contributed by atoms with Gasteiger partial charge >= 0.3 is 12.1 Å². The number of rotatable bonds is 6. The van der Waals surface area contributed by atoms with Crippen molar-refractivity contribution in [2.45, 2.75) is 36.9 Å². The topological polar surface area (TPSA) is 87.1 Å². The van der Waals surface area contributed by atoms with Crippen LogP contribution >= 0.6 is 11.3 Å². The molecule has 6 nitrogen and oxygen atoms in total. The lowest BCUT2D eigenvalue weighted by molar-refractivity contribution is -0.159. The van der Waals surface area contributed by atoms with E-state index < -0.39 is 12.1 Å². The second-order valence-corrected chi connectivity index (χ2v) is 9.46. The molecule has 1 fully saturated rings. The van der Waals surface area contributed by atoms with Crippen LogP contribution in [0.25, 0.3) is 22.6 Å². The van der Waals surface area contributed by atoms with Crippen molar-refractivity contribution in [1.82, 2.24) is 15.1 Å². The monoisotopic (exact) mass is 500 g/mol. The molecule has 0 radical (unpaired) electrons. The maximum atomic E-state index is 12.9. The van der Waals surface area contributed by atoms with Crippen LogP contribution in [-0.4, -0.2) is 34.4 Å². The van der Waals surface area contributed by atoms with Gasteiger partial charge in [-0.15, -0.1) is 11.3 Å². The number of hydrogen-bond acceptors (Lipinski definition) is 7. The molecule has 10 heteroatoms. The lowest BCUT2D eigenvalue weighted by Gasteiger charge is -2.40. The van der Waals surface area contributed by atoms with Crippen molar-refractivity contribution >= 4 is 11.3 Å². The van der Waals surface area contributed by atoms with Crippen LogP contribution < -0.4 is 5.73 Å². The first-order chi connectivity index (χ1) is 16.8. The van der Waals surface area contributed by atoms with Crippen LogP contribution in [0, 0.1) is 0 Å². The summed E-state index contributed by atoms with van der Waals surface area (Å²) in [6.07, 6.45) is -2.68. The largest absolute Gasteiger partial charge is 0.471 e. The first-order valence-corrected chi connectivity index (χ1v) is 12.1. The molecule has 35 heavy (non-hydrogen) atoms. The van der Waals surface area contributed by atoms with Crippen molar-refractivity contribution in [2.24, 2.45) is 5.73 Å². The number of ether oxygens (including phenoxy) is 1. The first-order valence-electron chi connectivity index (χ1n) is 11.2. The lowest BCUT2D eigenvalue weighted by atomic mass is 9.72. The van der Waals surface area contributed by atoms with Crippen LogP contribution in [0.15, 0.2) is 64.5 Å². The maximum Gasteiger partial charge on any atom is 0.471 e. The second-order valence-electron chi connectivity index (χ2n) is 8.60. The molecule has 1 saturated heterocycles. The molecule has 3 heterocycles. The van der Waals surface area contributed by atoms with Crippen LogP contribution in [0.4, 0.5) is 13.2 Å². The number of thiazole rings is 1. The maximum absolute atomic E-state index is 12.9. The van der Waals surface area contributed by atoms with Crippen molar-refractivity contribution in [2.75, 3.05) is 13.2 Å². The van der Waals surface area contributed by atoms with Gasteiger partial charge in [0, 0.05) is 41.2 Å². The van der Waals surface area contributed by atoms with Gasteiger partial charge in [-0.2, -0.15) is 18.2 Å². The Bertz CT molecular complexity index is 1280. The fourth-order valence-corrected chi connectivity index (χ4v) is 5.62. The summed E-state index contributed by atoms with van der Waals surface area (Å²) in [5.74, 6) is -1.48. The molecule has 0 amide bonds. The highest BCUT2D eigenvalue weighted by Crippen LogP contribution is 2.41. The van der Waals surface area contributed by atoms with Crippen molar-refractivity contribution in [3.8, 4) is 22.6 Å². The van der Waals surface area contributed by atoms with Crippen molar-refractivity contribution in [1.29, 1.82) is 0 Å². The fourth-order valence-electron chi connectivity index (χ4n) is 4.47. The lowest BCUT2D eigenvalue weighted by Crippen LogP contribution is -2.50. The highest BCUT2D eigenvalue weighted by Gasteiger charge is 2.43. The minimum atomic E-state index is -4.69. The normalized spacial score (nSPS) is 16.8. The molecular formula is C25H23F3N4O2S. The van der Waals surface area contributed by atoms with Crippen LogP contribution in [0.1, 0.15) is 29.3 Å². The van der Waals surface area contributed by atoms with E-state index in [4.69, 9.17) is 15.5 Å². The Labute approximate surface area is 204 Å². The highest BCUT2D eigenvalue weighted by atomic mass is 32.1. The Morgan fingerprint density at radius 2 is 1.74 bits per heavy atom. The standard InChI is InChI=1S/C25H23F3N4O2S/c26-25(27,28)22-31-21(32-34-22)18-8-4-5-16(13-18)14-20(29)24(9-11-33-12-10-24)23-30-19(15-35-23)17-6-2-1-3-7-17/h1-8,13,15,20H,9-12,14,29H2. The third-order valence-electron chi connectivity index (χ3n) is 6.40. The van der Waals surface area contributed by atoms with Gasteiger partial charge in [-0.1, -0.05) is 53.7 Å². The Kier molecular flexibility index (Phi) is 6.43. The minimum Gasteiger partial charge on any atom is -0.381 e. The Hall–Kier alpha value is -3.08. The second kappa shape index (κ2) is 9.52. The molecule has 182 valence electrons. The number of halogens is 3. The summed E-state index contributed by atoms with van der Waals surface area (Å²) in [5, 5.41) is 6.54. The molecule has 0 bridgehead atoms. The van der Waals surface area contributed by atoms with Gasteiger partial charge in [0.15, 0.2) is 0 Å². The Morgan fingerprint density at radius 1 is 1.00 bits per heavy atom. The molecule has 1 unspecified atom stereocenters. The SMILES string of the molecule is NC(Cc1cccc(-c2noc(C(F)(F)F)n2)c1)C1(c2nc(-c3ccccc3)cs2)CCOCC1. The zero-order chi connectivity index (χ0) is 24.5. The van der Waals surface area contributed by atoms with Crippen LogP contribution in [0.3, 0.4) is 0 Å². The summed E-state index contributed by atoms with van der Waals surface area (Å²) in [6, 6.07) is 16.8. The quantitative estimate of drug-likeness (QED) is 0.376. The van der Waals surface area contributed by atoms with Gasteiger partial charge < -0.3 is 15.0 Å². The summed E-state index contributed by atoms with van der Waals surface area (Å²) in [4.78, 5) is 8.47. The summed E-state index contributed by atoms with van der Waals surface area (Å²) < 4.78 is 48.6. The predicted octanol–water partition coefficient (Wildman–Crippen LogP) is 5.50. The third-order valence-corrected chi connectivity index (χ3v) is 7.47. The Morgan fingerprint density at radius 3 is 2.46 bits per heavy atom. The molecule has 2 aromatic heterocycles. The molecule has 0 saturated carbocycles. The van der Waals surface area contributed by atoms with Gasteiger partial charge in [0.2, 0.25) is 5.82 Å². The zero-order valence-electron chi connectivity index (χ0n) is 18.7. The molecule has 0 aliphatic carbocycles. The van der Waals surface area contributed by atoms with Gasteiger partial charge in [-0.05, 0) is 30.9 Å². The Balaban J connectivity index is 1.41. The van der Waals surface area contributed by atoms with Gasteiger partial charge in [0.05, 0.1) is 5.69 Å². The summed E-state index contributed by atoms with van der Waals surface area (Å²) >= 11 is 1.61. The van der Waals surface area contributed by atoms with Crippen molar-refractivity contribution in [3.63, 3.8) is 0 Å². The van der Waals surface area contributed by atoms with Gasteiger partial charge in [-0.3, -0.25) is 0 Å². The van der Waals surface area contributed by atoms with Crippen LogP contribution in [0.5, 0.6) is 0 Å². The summed E-state index contributed by atoms with van der Waals surface area (Å²) in [5.41, 5.74) is 9.79. The average molecular weight is 501 g/mol. The number of nitrogens with two attached hydrogens (primary N) is 1. The third kappa shape index (κ3) is 4.86. The van der Waals surface area contributed by atoms with E-state index in [2.05, 4.69) is 20.0 Å². The minimum absolute atomic E-state index is 0.110. The number of hydrogen-bond donors (Lipinski definition) is 1. The van der Waals surface area contributed by atoms with E-state index in [9.17, 15) is 13.2 Å². The smallest absolute Gasteiger partial charge is 0.381 e. The summed E-state index contributed by atoms with van der Waals surface area (Å²) in [6.45, 7) is 1.19. The zero-order valence-corrected chi connectivity index (χ0v) is 19.5. The number of benzene rings is 2. The molecule has 4 aromatic rings. The molecule has 0 spiro atoms. The number of alkyl halides is 3.